The number of amides is 1. The Morgan fingerprint density at radius 2 is 2.50 bits per heavy atom. The highest BCUT2D eigenvalue weighted by Gasteiger charge is 2.01. The van der Waals surface area contributed by atoms with Crippen LogP contribution in [0.25, 0.3) is 10.1 Å². The maximum atomic E-state index is 10.7. The van der Waals surface area contributed by atoms with Gasteiger partial charge in [0.05, 0.1) is 6.54 Å². The maximum absolute atomic E-state index is 10.7. The molecule has 4 heteroatoms. The van der Waals surface area contributed by atoms with Gasteiger partial charge in [0.2, 0.25) is 5.91 Å². The molecule has 0 saturated carbocycles. The number of hydrogen-bond donors (Lipinski definition) is 1. The van der Waals surface area contributed by atoms with Crippen LogP contribution < -0.4 is 5.32 Å². The van der Waals surface area contributed by atoms with E-state index in [0.717, 1.165) is 10.3 Å². The van der Waals surface area contributed by atoms with Crippen molar-refractivity contribution in [2.24, 2.45) is 0 Å². The van der Waals surface area contributed by atoms with E-state index in [1.165, 1.54) is 11.6 Å². The van der Waals surface area contributed by atoms with E-state index in [4.69, 9.17) is 0 Å². The van der Waals surface area contributed by atoms with E-state index in [-0.39, 0.29) is 5.91 Å². The summed E-state index contributed by atoms with van der Waals surface area (Å²) in [7, 11) is 0. The summed E-state index contributed by atoms with van der Waals surface area (Å²) in [5.74, 6) is 0.000538. The average Bonchev–Trinajstić information content (AvgIpc) is 2.57. The number of thiophene rings is 1. The Morgan fingerprint density at radius 3 is 3.21 bits per heavy atom. The second-order valence-electron chi connectivity index (χ2n) is 3.04. The van der Waals surface area contributed by atoms with Gasteiger partial charge in [-0.15, -0.1) is 11.3 Å². The number of rotatable bonds is 2. The molecule has 2 aromatic heterocycles. The SMILES string of the molecule is CC(=O)NCc1cc2cnccc2s1. The summed E-state index contributed by atoms with van der Waals surface area (Å²) in [5.41, 5.74) is 0. The summed E-state index contributed by atoms with van der Waals surface area (Å²) in [5, 5.41) is 3.91. The molecule has 0 atom stereocenters. The highest BCUT2D eigenvalue weighted by Crippen LogP contribution is 2.24. The van der Waals surface area contributed by atoms with Crippen molar-refractivity contribution in [3.63, 3.8) is 0 Å². The van der Waals surface area contributed by atoms with E-state index in [0.29, 0.717) is 6.54 Å². The van der Waals surface area contributed by atoms with Gasteiger partial charge in [-0.25, -0.2) is 0 Å². The van der Waals surface area contributed by atoms with Crippen LogP contribution in [0.4, 0.5) is 0 Å². The van der Waals surface area contributed by atoms with Crippen LogP contribution in [-0.2, 0) is 11.3 Å². The number of pyridine rings is 1. The van der Waals surface area contributed by atoms with Crippen LogP contribution in [0.1, 0.15) is 11.8 Å². The molecule has 0 fully saturated rings. The minimum absolute atomic E-state index is 0.000538. The van der Waals surface area contributed by atoms with E-state index in [1.54, 1.807) is 17.5 Å². The third kappa shape index (κ3) is 1.90. The highest BCUT2D eigenvalue weighted by molar-refractivity contribution is 7.19. The van der Waals surface area contributed by atoms with Crippen LogP contribution in [0.5, 0.6) is 0 Å². The lowest BCUT2D eigenvalue weighted by Gasteiger charge is -1.96. The molecule has 0 unspecified atom stereocenters. The van der Waals surface area contributed by atoms with Crippen LogP contribution in [0.2, 0.25) is 0 Å². The van der Waals surface area contributed by atoms with E-state index < -0.39 is 0 Å². The lowest BCUT2D eigenvalue weighted by molar-refractivity contribution is -0.119. The van der Waals surface area contributed by atoms with Crippen molar-refractivity contribution in [1.82, 2.24) is 10.3 Å². The average molecular weight is 206 g/mol. The molecule has 2 heterocycles. The molecule has 0 aliphatic heterocycles. The van der Waals surface area contributed by atoms with Crippen molar-refractivity contribution in [1.29, 1.82) is 0 Å². The lowest BCUT2D eigenvalue weighted by Crippen LogP contribution is -2.17. The first-order valence-corrected chi connectivity index (χ1v) is 5.14. The molecule has 0 radical (unpaired) electrons. The van der Waals surface area contributed by atoms with Crippen LogP contribution in [0.15, 0.2) is 24.5 Å². The Labute approximate surface area is 85.8 Å². The molecule has 0 aromatic carbocycles. The first-order chi connectivity index (χ1) is 6.75. The van der Waals surface area contributed by atoms with Gasteiger partial charge in [0.1, 0.15) is 0 Å². The summed E-state index contributed by atoms with van der Waals surface area (Å²) in [6.45, 7) is 2.13. The van der Waals surface area contributed by atoms with Crippen molar-refractivity contribution in [2.75, 3.05) is 0 Å². The second-order valence-corrected chi connectivity index (χ2v) is 4.20. The van der Waals surface area contributed by atoms with Crippen LogP contribution in [0, 0.1) is 0 Å². The van der Waals surface area contributed by atoms with Crippen LogP contribution >= 0.6 is 11.3 Å². The molecule has 1 N–H and O–H groups in total. The third-order valence-corrected chi connectivity index (χ3v) is 3.00. The maximum Gasteiger partial charge on any atom is 0.217 e. The minimum atomic E-state index is 0.000538. The van der Waals surface area contributed by atoms with Crippen molar-refractivity contribution >= 4 is 27.3 Å². The Balaban J connectivity index is 2.22. The minimum Gasteiger partial charge on any atom is -0.351 e. The third-order valence-electron chi connectivity index (χ3n) is 1.88. The summed E-state index contributed by atoms with van der Waals surface area (Å²) < 4.78 is 1.21. The smallest absolute Gasteiger partial charge is 0.217 e. The van der Waals surface area contributed by atoms with Gasteiger partial charge in [0.25, 0.3) is 0 Å². The summed E-state index contributed by atoms with van der Waals surface area (Å²) in [6, 6.07) is 4.04. The molecule has 0 saturated heterocycles. The van der Waals surface area contributed by atoms with E-state index in [2.05, 4.69) is 16.4 Å². The number of carbonyl (C=O) groups is 1. The first kappa shape index (κ1) is 9.15. The van der Waals surface area contributed by atoms with Gasteiger partial charge in [-0.3, -0.25) is 9.78 Å². The number of fused-ring (bicyclic) bond motifs is 1. The predicted octanol–water partition coefficient (Wildman–Crippen LogP) is 1.93. The lowest BCUT2D eigenvalue weighted by atomic mass is 10.3. The highest BCUT2D eigenvalue weighted by atomic mass is 32.1. The standard InChI is InChI=1S/C10H10N2OS/c1-7(13)12-6-9-4-8-5-11-3-2-10(8)14-9/h2-5H,6H2,1H3,(H,12,13). The quantitative estimate of drug-likeness (QED) is 0.815. The number of nitrogens with one attached hydrogen (secondary N) is 1. The van der Waals surface area contributed by atoms with Gasteiger partial charge in [-0.05, 0) is 12.1 Å². The molecule has 0 aliphatic rings. The van der Waals surface area contributed by atoms with E-state index >= 15 is 0 Å². The van der Waals surface area contributed by atoms with Crippen molar-refractivity contribution in [3.05, 3.63) is 29.4 Å². The van der Waals surface area contributed by atoms with Gasteiger partial charge < -0.3 is 5.32 Å². The Kier molecular flexibility index (Phi) is 2.45. The molecule has 0 spiro atoms. The first-order valence-electron chi connectivity index (χ1n) is 4.32. The molecule has 2 aromatic rings. The molecule has 1 amide bonds. The fourth-order valence-corrected chi connectivity index (χ4v) is 2.21. The van der Waals surface area contributed by atoms with Gasteiger partial charge in [0.15, 0.2) is 0 Å². The fourth-order valence-electron chi connectivity index (χ4n) is 1.24. The van der Waals surface area contributed by atoms with Gasteiger partial charge in [-0.2, -0.15) is 0 Å². The molecule has 72 valence electrons. The largest absolute Gasteiger partial charge is 0.351 e. The number of carbonyl (C=O) groups excluding carboxylic acids is 1. The van der Waals surface area contributed by atoms with Crippen LogP contribution in [-0.4, -0.2) is 10.9 Å². The predicted molar refractivity (Wildman–Crippen MR) is 57.1 cm³/mol. The second kappa shape index (κ2) is 3.75. The normalized spacial score (nSPS) is 10.4. The zero-order valence-electron chi connectivity index (χ0n) is 7.78. The molecule has 3 nitrogen and oxygen atoms in total. The Morgan fingerprint density at radius 1 is 1.64 bits per heavy atom. The van der Waals surface area contributed by atoms with E-state index in [1.807, 2.05) is 12.3 Å². The summed E-state index contributed by atoms with van der Waals surface area (Å²) in [6.07, 6.45) is 3.62. The van der Waals surface area contributed by atoms with Gasteiger partial charge >= 0.3 is 0 Å². The molecule has 0 bridgehead atoms. The Bertz CT molecular complexity index is 431. The zero-order chi connectivity index (χ0) is 9.97. The molecular formula is C10H10N2OS. The molecule has 0 aliphatic carbocycles. The molecule has 2 rings (SSSR count). The number of hydrogen-bond acceptors (Lipinski definition) is 3. The van der Waals surface area contributed by atoms with Gasteiger partial charge in [-0.1, -0.05) is 0 Å². The fraction of sp³-hybridized carbons (Fsp3) is 0.200. The number of aromatic nitrogens is 1. The van der Waals surface area contributed by atoms with Crippen molar-refractivity contribution < 1.29 is 4.79 Å². The number of nitrogens with zero attached hydrogens (tertiary/aromatic N) is 1. The monoisotopic (exact) mass is 206 g/mol. The van der Waals surface area contributed by atoms with Crippen LogP contribution in [0.3, 0.4) is 0 Å². The zero-order valence-corrected chi connectivity index (χ0v) is 8.60. The summed E-state index contributed by atoms with van der Waals surface area (Å²) >= 11 is 1.68. The topological polar surface area (TPSA) is 42.0 Å². The van der Waals surface area contributed by atoms with Crippen molar-refractivity contribution in [3.8, 4) is 0 Å². The van der Waals surface area contributed by atoms with Gasteiger partial charge in [0, 0.05) is 34.3 Å². The van der Waals surface area contributed by atoms with Crippen molar-refractivity contribution in [2.45, 2.75) is 13.5 Å². The Hall–Kier alpha value is -1.42. The summed E-state index contributed by atoms with van der Waals surface area (Å²) in [4.78, 5) is 15.9. The van der Waals surface area contributed by atoms with E-state index in [9.17, 15) is 4.79 Å². The molecule has 14 heavy (non-hydrogen) atoms. The molecular weight excluding hydrogens is 196 g/mol.